The molecule has 0 fully saturated rings. The SMILES string of the molecule is CC(=O)SCCN(C)N=O. The Hall–Kier alpha value is -0.580. The van der Waals surface area contributed by atoms with Gasteiger partial charge in [0.25, 0.3) is 0 Å². The minimum absolute atomic E-state index is 0.0688. The second-order valence-electron chi connectivity index (χ2n) is 1.80. The van der Waals surface area contributed by atoms with Crippen LogP contribution in [0.1, 0.15) is 6.92 Å². The Balaban J connectivity index is 3.19. The van der Waals surface area contributed by atoms with Crippen LogP contribution in [0.15, 0.2) is 5.29 Å². The van der Waals surface area contributed by atoms with Crippen molar-refractivity contribution in [2.24, 2.45) is 5.29 Å². The van der Waals surface area contributed by atoms with E-state index in [-0.39, 0.29) is 5.12 Å². The lowest BCUT2D eigenvalue weighted by atomic mass is 10.7. The van der Waals surface area contributed by atoms with Crippen LogP contribution in [0.5, 0.6) is 0 Å². The summed E-state index contributed by atoms with van der Waals surface area (Å²) in [5, 5.41) is 3.97. The van der Waals surface area contributed by atoms with Gasteiger partial charge in [0.05, 0.1) is 5.29 Å². The largest absolute Gasteiger partial charge is 0.288 e. The van der Waals surface area contributed by atoms with Crippen LogP contribution >= 0.6 is 11.8 Å². The van der Waals surface area contributed by atoms with Gasteiger partial charge in [0, 0.05) is 26.3 Å². The molecule has 4 nitrogen and oxygen atoms in total. The van der Waals surface area contributed by atoms with Crippen LogP contribution in [0.3, 0.4) is 0 Å². The molecule has 0 saturated carbocycles. The third-order valence-corrected chi connectivity index (χ3v) is 1.65. The molecule has 0 aromatic rings. The molecule has 0 N–H and O–H groups in total. The monoisotopic (exact) mass is 162 g/mol. The first kappa shape index (κ1) is 9.42. The van der Waals surface area contributed by atoms with Crippen molar-refractivity contribution in [1.29, 1.82) is 0 Å². The highest BCUT2D eigenvalue weighted by atomic mass is 32.2. The zero-order valence-corrected chi connectivity index (χ0v) is 6.85. The predicted molar refractivity (Wildman–Crippen MR) is 41.6 cm³/mol. The molecule has 0 aliphatic carbocycles. The van der Waals surface area contributed by atoms with E-state index in [1.165, 1.54) is 23.7 Å². The molecule has 0 heterocycles. The molecule has 10 heavy (non-hydrogen) atoms. The molecule has 0 aliphatic rings. The highest BCUT2D eigenvalue weighted by Gasteiger charge is 1.96. The maximum Gasteiger partial charge on any atom is 0.185 e. The normalized spacial score (nSPS) is 9.00. The van der Waals surface area contributed by atoms with Gasteiger partial charge < -0.3 is 0 Å². The van der Waals surface area contributed by atoms with Crippen molar-refractivity contribution in [3.05, 3.63) is 4.91 Å². The lowest BCUT2D eigenvalue weighted by Crippen LogP contribution is -2.13. The maximum absolute atomic E-state index is 10.3. The molecule has 0 bridgehead atoms. The van der Waals surface area contributed by atoms with Gasteiger partial charge in [0.2, 0.25) is 0 Å². The van der Waals surface area contributed by atoms with Crippen LogP contribution in [0.2, 0.25) is 0 Å². The predicted octanol–water partition coefficient (Wildman–Crippen LogP) is 0.879. The molecule has 0 amide bonds. The average Bonchev–Trinajstić information content (AvgIpc) is 1.87. The molecule has 0 aromatic carbocycles. The molecule has 0 rings (SSSR count). The van der Waals surface area contributed by atoms with E-state index in [0.717, 1.165) is 0 Å². The van der Waals surface area contributed by atoms with Crippen molar-refractivity contribution >= 4 is 16.9 Å². The molecular weight excluding hydrogens is 152 g/mol. The summed E-state index contributed by atoms with van der Waals surface area (Å²) in [5.74, 6) is 0.623. The topological polar surface area (TPSA) is 49.7 Å². The summed E-state index contributed by atoms with van der Waals surface area (Å²) in [5.41, 5.74) is 0. The summed E-state index contributed by atoms with van der Waals surface area (Å²) >= 11 is 1.20. The number of carbonyl (C=O) groups is 1. The summed E-state index contributed by atoms with van der Waals surface area (Å²) in [6, 6.07) is 0. The second-order valence-corrected chi connectivity index (χ2v) is 3.07. The minimum Gasteiger partial charge on any atom is -0.288 e. The Morgan fingerprint density at radius 3 is 2.70 bits per heavy atom. The summed E-state index contributed by atoms with van der Waals surface area (Å²) in [7, 11) is 1.58. The number of hydrogen-bond acceptors (Lipinski definition) is 4. The van der Waals surface area contributed by atoms with Gasteiger partial charge >= 0.3 is 0 Å². The van der Waals surface area contributed by atoms with Crippen LogP contribution in [0, 0.1) is 4.91 Å². The van der Waals surface area contributed by atoms with E-state index in [0.29, 0.717) is 12.3 Å². The third kappa shape index (κ3) is 5.55. The number of nitrogens with zero attached hydrogens (tertiary/aromatic N) is 2. The summed E-state index contributed by atoms with van der Waals surface area (Å²) in [6.45, 7) is 2.02. The molecule has 0 aromatic heterocycles. The van der Waals surface area contributed by atoms with Gasteiger partial charge in [-0.3, -0.25) is 9.80 Å². The van der Waals surface area contributed by atoms with Crippen LogP contribution in [-0.2, 0) is 4.79 Å². The number of nitroso groups, excluding NO2 is 1. The third-order valence-electron chi connectivity index (χ3n) is 0.860. The molecule has 0 aliphatic heterocycles. The van der Waals surface area contributed by atoms with Gasteiger partial charge in [-0.25, -0.2) is 0 Å². The van der Waals surface area contributed by atoms with E-state index in [1.54, 1.807) is 7.05 Å². The van der Waals surface area contributed by atoms with Crippen molar-refractivity contribution in [3.63, 3.8) is 0 Å². The Kier molecular flexibility index (Phi) is 4.92. The minimum atomic E-state index is 0.0688. The van der Waals surface area contributed by atoms with Crippen LogP contribution in [0.4, 0.5) is 0 Å². The van der Waals surface area contributed by atoms with Crippen LogP contribution in [0.25, 0.3) is 0 Å². The highest BCUT2D eigenvalue weighted by molar-refractivity contribution is 8.13. The smallest absolute Gasteiger partial charge is 0.185 e. The molecule has 5 heteroatoms. The fraction of sp³-hybridized carbons (Fsp3) is 0.800. The second kappa shape index (κ2) is 5.22. The quantitative estimate of drug-likeness (QED) is 0.455. The summed E-state index contributed by atoms with van der Waals surface area (Å²) in [4.78, 5) is 20.1. The van der Waals surface area contributed by atoms with Gasteiger partial charge in [0.15, 0.2) is 5.12 Å². The van der Waals surface area contributed by atoms with Gasteiger partial charge in [0.1, 0.15) is 0 Å². The Labute approximate surface area is 63.9 Å². The highest BCUT2D eigenvalue weighted by Crippen LogP contribution is 2.00. The molecule has 58 valence electrons. The lowest BCUT2D eigenvalue weighted by molar-refractivity contribution is -0.109. The fourth-order valence-electron chi connectivity index (χ4n) is 0.362. The summed E-state index contributed by atoms with van der Waals surface area (Å²) < 4.78 is 0. The Morgan fingerprint density at radius 1 is 1.70 bits per heavy atom. The fourth-order valence-corrected chi connectivity index (χ4v) is 1.01. The van der Waals surface area contributed by atoms with Gasteiger partial charge in [-0.2, -0.15) is 0 Å². The van der Waals surface area contributed by atoms with Crippen molar-refractivity contribution in [1.82, 2.24) is 5.01 Å². The van der Waals surface area contributed by atoms with Gasteiger partial charge in [-0.1, -0.05) is 11.8 Å². The molecule has 0 radical (unpaired) electrons. The standard InChI is InChI=1S/C5H10N2O2S/c1-5(8)10-4-3-7(2)6-9/h3-4H2,1-2H3. The first-order chi connectivity index (χ1) is 4.66. The van der Waals surface area contributed by atoms with Crippen molar-refractivity contribution in [2.45, 2.75) is 6.92 Å². The number of hydrogen-bond donors (Lipinski definition) is 0. The number of rotatable bonds is 4. The average molecular weight is 162 g/mol. The Bertz CT molecular complexity index is 129. The number of thioether (sulfide) groups is 1. The number of carbonyl (C=O) groups excluding carboxylic acids is 1. The van der Waals surface area contributed by atoms with Crippen molar-refractivity contribution in [2.75, 3.05) is 19.3 Å². The van der Waals surface area contributed by atoms with Gasteiger partial charge in [-0.15, -0.1) is 4.91 Å². The molecule has 0 atom stereocenters. The van der Waals surface area contributed by atoms with Crippen LogP contribution in [-0.4, -0.2) is 29.5 Å². The summed E-state index contributed by atoms with van der Waals surface area (Å²) in [6.07, 6.45) is 0. The molecule has 0 saturated heterocycles. The van der Waals surface area contributed by atoms with Gasteiger partial charge in [-0.05, 0) is 0 Å². The molecular formula is C5H10N2O2S. The Morgan fingerprint density at radius 2 is 2.30 bits per heavy atom. The van der Waals surface area contributed by atoms with E-state index < -0.39 is 0 Å². The zero-order chi connectivity index (χ0) is 7.98. The van der Waals surface area contributed by atoms with Crippen LogP contribution < -0.4 is 0 Å². The van der Waals surface area contributed by atoms with Crippen molar-refractivity contribution in [3.8, 4) is 0 Å². The lowest BCUT2D eigenvalue weighted by Gasteiger charge is -2.05. The van der Waals surface area contributed by atoms with E-state index in [9.17, 15) is 9.70 Å². The van der Waals surface area contributed by atoms with E-state index in [4.69, 9.17) is 0 Å². The molecule has 0 spiro atoms. The first-order valence-corrected chi connectivity index (χ1v) is 3.83. The van der Waals surface area contributed by atoms with E-state index in [1.807, 2.05) is 0 Å². The van der Waals surface area contributed by atoms with E-state index in [2.05, 4.69) is 5.29 Å². The van der Waals surface area contributed by atoms with Crippen molar-refractivity contribution < 1.29 is 4.79 Å². The first-order valence-electron chi connectivity index (χ1n) is 2.84. The maximum atomic E-state index is 10.3. The molecule has 0 unspecified atom stereocenters. The van der Waals surface area contributed by atoms with E-state index >= 15 is 0 Å². The zero-order valence-electron chi connectivity index (χ0n) is 6.03.